The zero-order chi connectivity index (χ0) is 37.7. The van der Waals surface area contributed by atoms with E-state index in [0.717, 1.165) is 5.56 Å². The van der Waals surface area contributed by atoms with Crippen LogP contribution in [0.1, 0.15) is 63.0 Å². The molecule has 2 N–H and O–H groups in total. The second kappa shape index (κ2) is 13.9. The molecule has 1 saturated heterocycles. The smallest absolute Gasteiger partial charge is 0.410 e. The third kappa shape index (κ3) is 7.41. The summed E-state index contributed by atoms with van der Waals surface area (Å²) >= 11 is 6.75. The van der Waals surface area contributed by atoms with Crippen LogP contribution in [0.15, 0.2) is 42.5 Å². The number of carbonyl (C=O) groups is 2. The number of anilines is 1. The standard InChI is InChI=1S/C38H48ClF2N3O6Si/c1-36(2,3)50-35(46)43-15-16-44-28-20-27(40)32(39)30(26(28)21-38(44,22-43)23-11-10-12-24(19-23)47-7)31-25(34(42)45)13-14-29(33(31)41)48-17-18-49-51(8,9)37(4,5)6/h10-14,19-20H,15-18,21-22H2,1-9H3,(H2,42,45). The number of benzene rings is 3. The minimum absolute atomic E-state index is 0.00132. The fourth-order valence-corrected chi connectivity index (χ4v) is 7.86. The van der Waals surface area contributed by atoms with Crippen LogP contribution in [0.5, 0.6) is 11.5 Å². The molecule has 0 bridgehead atoms. The maximum absolute atomic E-state index is 16.8. The molecule has 2 aliphatic rings. The molecule has 0 radical (unpaired) electrons. The van der Waals surface area contributed by atoms with E-state index in [-0.39, 0.29) is 65.2 Å². The van der Waals surface area contributed by atoms with Gasteiger partial charge < -0.3 is 34.2 Å². The lowest BCUT2D eigenvalue weighted by atomic mass is 9.82. The number of amides is 2. The van der Waals surface area contributed by atoms with Crippen molar-refractivity contribution in [3.8, 4) is 22.6 Å². The van der Waals surface area contributed by atoms with E-state index < -0.39 is 43.1 Å². The molecule has 0 saturated carbocycles. The van der Waals surface area contributed by atoms with Gasteiger partial charge in [-0.3, -0.25) is 4.79 Å². The van der Waals surface area contributed by atoms with Crippen LogP contribution in [-0.4, -0.2) is 70.8 Å². The highest BCUT2D eigenvalue weighted by molar-refractivity contribution is 6.74. The van der Waals surface area contributed by atoms with Crippen molar-refractivity contribution in [1.29, 1.82) is 0 Å². The summed E-state index contributed by atoms with van der Waals surface area (Å²) in [5.41, 5.74) is 5.42. The molecule has 1 unspecified atom stereocenters. The van der Waals surface area contributed by atoms with Gasteiger partial charge in [-0.25, -0.2) is 13.6 Å². The highest BCUT2D eigenvalue weighted by Gasteiger charge is 2.52. The number of piperazine rings is 1. The Hall–Kier alpha value is -3.87. The number of nitrogens with two attached hydrogens (primary N) is 1. The van der Waals surface area contributed by atoms with E-state index in [0.29, 0.717) is 23.5 Å². The molecule has 51 heavy (non-hydrogen) atoms. The molecule has 9 nitrogen and oxygen atoms in total. The first-order valence-electron chi connectivity index (χ1n) is 17.0. The number of nitrogens with zero attached hydrogens (tertiary/aromatic N) is 2. The van der Waals surface area contributed by atoms with Gasteiger partial charge in [-0.2, -0.15) is 0 Å². The number of ether oxygens (including phenoxy) is 3. The first kappa shape index (κ1) is 38.4. The van der Waals surface area contributed by atoms with Gasteiger partial charge in [-0.15, -0.1) is 0 Å². The van der Waals surface area contributed by atoms with Crippen LogP contribution in [0.3, 0.4) is 0 Å². The van der Waals surface area contributed by atoms with Gasteiger partial charge in [-0.1, -0.05) is 44.5 Å². The highest BCUT2D eigenvalue weighted by atomic mass is 35.5. The SMILES string of the molecule is COc1cccc(C23Cc4c(cc(F)c(Cl)c4-c4c(C(N)=O)ccc(OCCO[Si](C)(C)C(C)(C)C)c4F)N2CCN(C(=O)OC(C)(C)C)C3)c1. The van der Waals surface area contributed by atoms with Crippen molar-refractivity contribution in [2.24, 2.45) is 5.73 Å². The Labute approximate surface area is 305 Å². The molecule has 2 heterocycles. The summed E-state index contributed by atoms with van der Waals surface area (Å²) in [6.45, 7) is 17.0. The lowest BCUT2D eigenvalue weighted by Gasteiger charge is -2.48. The fourth-order valence-electron chi connectivity index (χ4n) is 6.57. The summed E-state index contributed by atoms with van der Waals surface area (Å²) in [4.78, 5) is 29.9. The van der Waals surface area contributed by atoms with Crippen molar-refractivity contribution in [2.45, 2.75) is 77.2 Å². The average molecular weight is 744 g/mol. The van der Waals surface area contributed by atoms with Crippen molar-refractivity contribution in [3.05, 3.63) is 75.8 Å². The Kier molecular flexibility index (Phi) is 10.5. The van der Waals surface area contributed by atoms with Crippen LogP contribution in [0, 0.1) is 11.6 Å². The van der Waals surface area contributed by atoms with Crippen molar-refractivity contribution >= 4 is 37.6 Å². The Morgan fingerprint density at radius 2 is 1.71 bits per heavy atom. The molecule has 3 aromatic carbocycles. The van der Waals surface area contributed by atoms with E-state index in [1.807, 2.05) is 23.1 Å². The molecule has 0 aromatic heterocycles. The first-order valence-corrected chi connectivity index (χ1v) is 20.3. The van der Waals surface area contributed by atoms with Gasteiger partial charge in [0.15, 0.2) is 19.9 Å². The highest BCUT2D eigenvalue weighted by Crippen LogP contribution is 2.54. The number of halogens is 3. The van der Waals surface area contributed by atoms with Crippen molar-refractivity contribution in [2.75, 3.05) is 44.9 Å². The number of methoxy groups -OCH3 is 1. The van der Waals surface area contributed by atoms with Gasteiger partial charge in [0, 0.05) is 36.3 Å². The second-order valence-electron chi connectivity index (χ2n) is 15.7. The van der Waals surface area contributed by atoms with Crippen LogP contribution in [0.4, 0.5) is 19.3 Å². The lowest BCUT2D eigenvalue weighted by Crippen LogP contribution is -2.60. The zero-order valence-electron chi connectivity index (χ0n) is 30.8. The van der Waals surface area contributed by atoms with E-state index in [4.69, 9.17) is 36.0 Å². The molecule has 5 rings (SSSR count). The predicted octanol–water partition coefficient (Wildman–Crippen LogP) is 8.30. The average Bonchev–Trinajstić information content (AvgIpc) is 3.37. The van der Waals surface area contributed by atoms with Crippen molar-refractivity contribution in [1.82, 2.24) is 4.90 Å². The summed E-state index contributed by atoms with van der Waals surface area (Å²) in [5.74, 6) is -2.19. The fraction of sp³-hybridized carbons (Fsp3) is 0.474. The number of carbonyl (C=O) groups excluding carboxylic acids is 2. The summed E-state index contributed by atoms with van der Waals surface area (Å²) in [6.07, 6.45) is -0.318. The van der Waals surface area contributed by atoms with E-state index in [9.17, 15) is 9.59 Å². The Balaban J connectivity index is 1.63. The summed E-state index contributed by atoms with van der Waals surface area (Å²) < 4.78 is 56.1. The van der Waals surface area contributed by atoms with Crippen LogP contribution in [-0.2, 0) is 21.1 Å². The number of rotatable bonds is 9. The third-order valence-electron chi connectivity index (χ3n) is 10.1. The lowest BCUT2D eigenvalue weighted by molar-refractivity contribution is 0.0164. The van der Waals surface area contributed by atoms with Gasteiger partial charge in [0.1, 0.15) is 23.8 Å². The molecular formula is C38H48ClF2N3O6Si. The zero-order valence-corrected chi connectivity index (χ0v) is 32.6. The molecule has 0 aliphatic carbocycles. The van der Waals surface area contributed by atoms with Crippen LogP contribution in [0.25, 0.3) is 11.1 Å². The maximum Gasteiger partial charge on any atom is 0.410 e. The molecule has 276 valence electrons. The topological polar surface area (TPSA) is 104 Å². The first-order chi connectivity index (χ1) is 23.7. The predicted molar refractivity (Wildman–Crippen MR) is 197 cm³/mol. The maximum atomic E-state index is 16.8. The Morgan fingerprint density at radius 3 is 2.33 bits per heavy atom. The van der Waals surface area contributed by atoms with Gasteiger partial charge in [-0.05, 0) is 80.4 Å². The Bertz CT molecular complexity index is 1840. The van der Waals surface area contributed by atoms with Gasteiger partial charge in [0.25, 0.3) is 0 Å². The summed E-state index contributed by atoms with van der Waals surface area (Å²) in [6, 6.07) is 11.4. The molecule has 2 aliphatic heterocycles. The monoisotopic (exact) mass is 743 g/mol. The number of hydrogen-bond acceptors (Lipinski definition) is 7. The second-order valence-corrected chi connectivity index (χ2v) is 20.8. The minimum atomic E-state index is -2.09. The van der Waals surface area contributed by atoms with Crippen molar-refractivity contribution < 1.29 is 37.0 Å². The minimum Gasteiger partial charge on any atom is -0.497 e. The quantitative estimate of drug-likeness (QED) is 0.174. The number of fused-ring (bicyclic) bond motifs is 3. The molecule has 13 heteroatoms. The van der Waals surface area contributed by atoms with Crippen molar-refractivity contribution in [3.63, 3.8) is 0 Å². The summed E-state index contributed by atoms with van der Waals surface area (Å²) in [7, 11) is -0.532. The van der Waals surface area contributed by atoms with E-state index in [1.165, 1.54) is 18.2 Å². The molecule has 3 aromatic rings. The Morgan fingerprint density at radius 1 is 1.00 bits per heavy atom. The molecule has 1 fully saturated rings. The molecular weight excluding hydrogens is 696 g/mol. The third-order valence-corrected chi connectivity index (χ3v) is 15.0. The van der Waals surface area contributed by atoms with E-state index in [1.54, 1.807) is 38.8 Å². The molecule has 0 spiro atoms. The van der Waals surface area contributed by atoms with Crippen LogP contribution in [0.2, 0.25) is 23.2 Å². The largest absolute Gasteiger partial charge is 0.497 e. The van der Waals surface area contributed by atoms with Crippen LogP contribution < -0.4 is 20.1 Å². The van der Waals surface area contributed by atoms with Gasteiger partial charge >= 0.3 is 6.09 Å². The number of hydrogen-bond donors (Lipinski definition) is 1. The number of primary amides is 1. The van der Waals surface area contributed by atoms with Gasteiger partial charge in [0.2, 0.25) is 5.91 Å². The van der Waals surface area contributed by atoms with E-state index in [2.05, 4.69) is 33.9 Å². The van der Waals surface area contributed by atoms with Crippen LogP contribution >= 0.6 is 11.6 Å². The molecule has 2 amide bonds. The van der Waals surface area contributed by atoms with Gasteiger partial charge in [0.05, 0.1) is 36.4 Å². The van der Waals surface area contributed by atoms with E-state index >= 15 is 8.78 Å². The normalized spacial score (nSPS) is 17.6. The molecule has 1 atom stereocenters. The summed E-state index contributed by atoms with van der Waals surface area (Å²) in [5, 5.41) is -0.388.